The molecule has 0 unspecified atom stereocenters. The van der Waals surface area contributed by atoms with Crippen molar-refractivity contribution >= 4 is 54.1 Å². The molecule has 8 nitrogen and oxygen atoms in total. The smallest absolute Gasteiger partial charge is 0.207 e. The van der Waals surface area contributed by atoms with Crippen LogP contribution in [0.25, 0.3) is 11.0 Å². The van der Waals surface area contributed by atoms with Crippen LogP contribution in [0.15, 0.2) is 39.4 Å². The van der Waals surface area contributed by atoms with Crippen LogP contribution >= 0.6 is 23.1 Å². The number of benzene rings is 1. The molecule has 0 bridgehead atoms. The van der Waals surface area contributed by atoms with Crippen LogP contribution in [0.4, 0.5) is 0 Å². The van der Waals surface area contributed by atoms with Gasteiger partial charge in [0, 0.05) is 25.5 Å². The van der Waals surface area contributed by atoms with Crippen LogP contribution in [-0.2, 0) is 26.6 Å². The molecular formula is C13H14N4O4S4. The standard InChI is InChI=1S/C13H14N4O4S4/c1-17(2)25(20,21)12-7-6-9(22-12)8-14-24(18,19)11-5-3-4-10-13(11)16-23-15-10/h3-7,14H,8H2,1-2H3. The molecule has 0 atom stereocenters. The predicted molar refractivity (Wildman–Crippen MR) is 96.6 cm³/mol. The quantitative estimate of drug-likeness (QED) is 0.649. The number of fused-ring (bicyclic) bond motifs is 1. The maximum atomic E-state index is 12.5. The molecule has 1 aromatic carbocycles. The fourth-order valence-corrected chi connectivity index (χ4v) is 6.34. The number of sulfonamides is 2. The van der Waals surface area contributed by atoms with Crippen molar-refractivity contribution in [1.29, 1.82) is 0 Å². The molecule has 12 heteroatoms. The summed E-state index contributed by atoms with van der Waals surface area (Å²) >= 11 is 1.97. The van der Waals surface area contributed by atoms with Crippen molar-refractivity contribution in [2.75, 3.05) is 14.1 Å². The SMILES string of the molecule is CN(C)S(=O)(=O)c1ccc(CNS(=O)(=O)c2cccc3nsnc23)s1. The lowest BCUT2D eigenvalue weighted by Gasteiger charge is -2.08. The molecule has 25 heavy (non-hydrogen) atoms. The molecule has 0 radical (unpaired) electrons. The van der Waals surface area contributed by atoms with Crippen molar-refractivity contribution in [3.05, 3.63) is 35.2 Å². The molecule has 0 aliphatic heterocycles. The fourth-order valence-electron chi connectivity index (χ4n) is 2.01. The van der Waals surface area contributed by atoms with Gasteiger partial charge >= 0.3 is 0 Å². The van der Waals surface area contributed by atoms with Crippen molar-refractivity contribution in [1.82, 2.24) is 17.8 Å². The first-order chi connectivity index (χ1) is 11.7. The number of thiophene rings is 1. The van der Waals surface area contributed by atoms with E-state index in [1.807, 2.05) is 0 Å². The highest BCUT2D eigenvalue weighted by molar-refractivity contribution is 7.91. The van der Waals surface area contributed by atoms with E-state index < -0.39 is 20.0 Å². The second-order valence-electron chi connectivity index (χ2n) is 5.22. The zero-order valence-corrected chi connectivity index (χ0v) is 16.5. The molecule has 0 aliphatic carbocycles. The first-order valence-corrected chi connectivity index (χ1v) is 11.4. The summed E-state index contributed by atoms with van der Waals surface area (Å²) in [7, 11) is -4.43. The third-order valence-electron chi connectivity index (χ3n) is 3.35. The second-order valence-corrected chi connectivity index (χ2v) is 11.0. The fraction of sp³-hybridized carbons (Fsp3) is 0.231. The van der Waals surface area contributed by atoms with Gasteiger partial charge in [0.25, 0.3) is 10.0 Å². The van der Waals surface area contributed by atoms with E-state index in [0.717, 1.165) is 27.4 Å². The number of aromatic nitrogens is 2. The van der Waals surface area contributed by atoms with Crippen molar-refractivity contribution in [3.8, 4) is 0 Å². The molecule has 0 saturated heterocycles. The molecule has 2 aromatic heterocycles. The minimum absolute atomic E-state index is 0.0100. The Balaban J connectivity index is 1.82. The van der Waals surface area contributed by atoms with Gasteiger partial charge in [-0.15, -0.1) is 11.3 Å². The Bertz CT molecular complexity index is 1120. The Hall–Kier alpha value is -1.44. The largest absolute Gasteiger partial charge is 0.252 e. The van der Waals surface area contributed by atoms with Crippen molar-refractivity contribution in [2.45, 2.75) is 15.6 Å². The minimum Gasteiger partial charge on any atom is -0.207 e. The van der Waals surface area contributed by atoms with E-state index in [4.69, 9.17) is 0 Å². The van der Waals surface area contributed by atoms with E-state index in [9.17, 15) is 16.8 Å². The molecule has 3 aromatic rings. The third-order valence-corrected chi connectivity index (χ3v) is 8.69. The topological polar surface area (TPSA) is 109 Å². The van der Waals surface area contributed by atoms with Gasteiger partial charge in [-0.05, 0) is 24.3 Å². The zero-order valence-electron chi connectivity index (χ0n) is 13.2. The summed E-state index contributed by atoms with van der Waals surface area (Å²) in [6.07, 6.45) is 0. The molecule has 0 saturated carbocycles. The molecule has 0 spiro atoms. The number of hydrogen-bond acceptors (Lipinski definition) is 8. The summed E-state index contributed by atoms with van der Waals surface area (Å²) < 4.78 is 61.0. The van der Waals surface area contributed by atoms with E-state index in [-0.39, 0.29) is 15.6 Å². The monoisotopic (exact) mass is 418 g/mol. The van der Waals surface area contributed by atoms with Crippen molar-refractivity contribution in [2.24, 2.45) is 0 Å². The number of nitrogens with zero attached hydrogens (tertiary/aromatic N) is 3. The Kier molecular flexibility index (Phi) is 4.92. The first kappa shape index (κ1) is 18.4. The third kappa shape index (κ3) is 3.59. The summed E-state index contributed by atoms with van der Waals surface area (Å²) in [4.78, 5) is 0.643. The molecule has 0 fully saturated rings. The van der Waals surface area contributed by atoms with Gasteiger partial charge in [-0.1, -0.05) is 6.07 Å². The van der Waals surface area contributed by atoms with Gasteiger partial charge in [0.15, 0.2) is 0 Å². The Morgan fingerprint density at radius 1 is 1.08 bits per heavy atom. The normalized spacial score (nSPS) is 12.9. The molecular weight excluding hydrogens is 404 g/mol. The highest BCUT2D eigenvalue weighted by Crippen LogP contribution is 2.25. The highest BCUT2D eigenvalue weighted by atomic mass is 32.2. The molecule has 134 valence electrons. The summed E-state index contributed by atoms with van der Waals surface area (Å²) in [6.45, 7) is -0.0100. The Morgan fingerprint density at radius 3 is 2.56 bits per heavy atom. The van der Waals surface area contributed by atoms with Gasteiger partial charge < -0.3 is 0 Å². The van der Waals surface area contributed by atoms with E-state index in [1.54, 1.807) is 18.2 Å². The van der Waals surface area contributed by atoms with Crippen LogP contribution in [0.2, 0.25) is 0 Å². The lowest BCUT2D eigenvalue weighted by Crippen LogP contribution is -2.23. The average molecular weight is 419 g/mol. The van der Waals surface area contributed by atoms with Gasteiger partial charge in [-0.2, -0.15) is 8.75 Å². The predicted octanol–water partition coefficient (Wildman–Crippen LogP) is 1.48. The van der Waals surface area contributed by atoms with Gasteiger partial charge in [0.05, 0.1) is 11.7 Å². The van der Waals surface area contributed by atoms with Crippen LogP contribution in [0, 0.1) is 0 Å². The summed E-state index contributed by atoms with van der Waals surface area (Å²) in [5.74, 6) is 0. The van der Waals surface area contributed by atoms with Crippen LogP contribution in [0.3, 0.4) is 0 Å². The molecule has 0 amide bonds. The van der Waals surface area contributed by atoms with Gasteiger partial charge in [-0.3, -0.25) is 0 Å². The number of rotatable bonds is 6. The molecule has 2 heterocycles. The summed E-state index contributed by atoms with van der Waals surface area (Å²) in [5, 5.41) is 0. The lowest BCUT2D eigenvalue weighted by atomic mass is 10.3. The summed E-state index contributed by atoms with van der Waals surface area (Å²) in [5.41, 5.74) is 0.838. The zero-order chi connectivity index (χ0) is 18.2. The van der Waals surface area contributed by atoms with E-state index in [0.29, 0.717) is 15.9 Å². The van der Waals surface area contributed by atoms with Gasteiger partial charge in [0.2, 0.25) is 10.0 Å². The molecule has 3 rings (SSSR count). The van der Waals surface area contributed by atoms with Crippen LogP contribution < -0.4 is 4.72 Å². The van der Waals surface area contributed by atoms with Crippen LogP contribution in [0.5, 0.6) is 0 Å². The minimum atomic E-state index is -3.80. The van der Waals surface area contributed by atoms with E-state index in [1.165, 1.54) is 26.2 Å². The highest BCUT2D eigenvalue weighted by Gasteiger charge is 2.22. The Labute approximate surface area is 153 Å². The van der Waals surface area contributed by atoms with Gasteiger partial charge in [0.1, 0.15) is 20.1 Å². The first-order valence-electron chi connectivity index (χ1n) is 6.94. The van der Waals surface area contributed by atoms with Crippen LogP contribution in [0.1, 0.15) is 4.88 Å². The van der Waals surface area contributed by atoms with E-state index >= 15 is 0 Å². The van der Waals surface area contributed by atoms with Crippen molar-refractivity contribution < 1.29 is 16.8 Å². The van der Waals surface area contributed by atoms with E-state index in [2.05, 4.69) is 13.5 Å². The maximum absolute atomic E-state index is 12.5. The number of hydrogen-bond donors (Lipinski definition) is 1. The lowest BCUT2D eigenvalue weighted by molar-refractivity contribution is 0.523. The van der Waals surface area contributed by atoms with Gasteiger partial charge in [-0.25, -0.2) is 25.9 Å². The molecule has 1 N–H and O–H groups in total. The average Bonchev–Trinajstić information content (AvgIpc) is 3.21. The Morgan fingerprint density at radius 2 is 1.84 bits per heavy atom. The van der Waals surface area contributed by atoms with Crippen molar-refractivity contribution in [3.63, 3.8) is 0 Å². The maximum Gasteiger partial charge on any atom is 0.252 e. The second kappa shape index (κ2) is 6.70. The summed E-state index contributed by atoms with van der Waals surface area (Å²) in [6, 6.07) is 7.81. The number of nitrogens with one attached hydrogen (secondary N) is 1. The van der Waals surface area contributed by atoms with Crippen LogP contribution in [-0.4, -0.2) is 44.0 Å². The molecule has 0 aliphatic rings.